The highest BCUT2D eigenvalue weighted by Crippen LogP contribution is 2.23. The molecule has 1 unspecified atom stereocenters. The highest BCUT2D eigenvalue weighted by atomic mass is 35.5. The summed E-state index contributed by atoms with van der Waals surface area (Å²) in [5.41, 5.74) is 2.40. The van der Waals surface area contributed by atoms with Crippen LogP contribution in [0.3, 0.4) is 0 Å². The summed E-state index contributed by atoms with van der Waals surface area (Å²) < 4.78 is 0. The number of hydrogen-bond acceptors (Lipinski definition) is 1. The van der Waals surface area contributed by atoms with Crippen molar-refractivity contribution in [3.05, 3.63) is 69.7 Å². The molecule has 4 heteroatoms. The highest BCUT2D eigenvalue weighted by Gasteiger charge is 2.10. The largest absolute Gasteiger partial charge is 0.306 e. The maximum Gasteiger partial charge on any atom is 0.0465 e. The Hall–Kier alpha value is -0.730. The van der Waals surface area contributed by atoms with Crippen molar-refractivity contribution in [2.75, 3.05) is 0 Å². The number of halogens is 3. The molecule has 2 rings (SSSR count). The van der Waals surface area contributed by atoms with Crippen LogP contribution in [0, 0.1) is 0 Å². The lowest BCUT2D eigenvalue weighted by Crippen LogP contribution is -2.21. The molecular formula is C17H20Cl3N. The van der Waals surface area contributed by atoms with Crippen LogP contribution in [0.25, 0.3) is 0 Å². The monoisotopic (exact) mass is 343 g/mol. The van der Waals surface area contributed by atoms with Gasteiger partial charge in [0.05, 0.1) is 0 Å². The van der Waals surface area contributed by atoms with Crippen LogP contribution >= 0.6 is 35.6 Å². The van der Waals surface area contributed by atoms with Crippen LogP contribution in [0.2, 0.25) is 10.0 Å². The molecule has 0 aliphatic heterocycles. The molecule has 0 aromatic heterocycles. The highest BCUT2D eigenvalue weighted by molar-refractivity contribution is 6.35. The van der Waals surface area contributed by atoms with Crippen LogP contribution in [0.1, 0.15) is 36.9 Å². The summed E-state index contributed by atoms with van der Waals surface area (Å²) in [5, 5.41) is 4.98. The molecule has 0 fully saturated rings. The van der Waals surface area contributed by atoms with E-state index in [2.05, 4.69) is 36.5 Å². The van der Waals surface area contributed by atoms with Gasteiger partial charge in [-0.15, -0.1) is 12.4 Å². The predicted octanol–water partition coefficient (Wildman–Crippen LogP) is 6.05. The first-order valence-electron chi connectivity index (χ1n) is 6.93. The number of nitrogens with one attached hydrogen (secondary N) is 1. The first-order valence-corrected chi connectivity index (χ1v) is 7.68. The fourth-order valence-electron chi connectivity index (χ4n) is 2.26. The van der Waals surface area contributed by atoms with Gasteiger partial charge in [0.15, 0.2) is 0 Å². The lowest BCUT2D eigenvalue weighted by atomic mass is 10.0. The van der Waals surface area contributed by atoms with Crippen molar-refractivity contribution >= 4 is 35.6 Å². The number of hydrogen-bond donors (Lipinski definition) is 1. The fourth-order valence-corrected chi connectivity index (χ4v) is 2.73. The molecule has 0 spiro atoms. The Balaban J connectivity index is 0.00000220. The molecule has 0 radical (unpaired) electrons. The molecule has 0 bridgehead atoms. The van der Waals surface area contributed by atoms with Gasteiger partial charge in [-0.2, -0.15) is 0 Å². The zero-order chi connectivity index (χ0) is 14.4. The predicted molar refractivity (Wildman–Crippen MR) is 94.6 cm³/mol. The lowest BCUT2D eigenvalue weighted by molar-refractivity contribution is 0.493. The minimum absolute atomic E-state index is 0. The molecule has 2 aromatic carbocycles. The molecule has 2 aromatic rings. The molecule has 0 saturated heterocycles. The normalized spacial score (nSPS) is 11.8. The van der Waals surface area contributed by atoms with Crippen molar-refractivity contribution in [1.82, 2.24) is 5.32 Å². The van der Waals surface area contributed by atoms with Gasteiger partial charge in [-0.3, -0.25) is 0 Å². The summed E-state index contributed by atoms with van der Waals surface area (Å²) in [6.45, 7) is 2.95. The summed E-state index contributed by atoms with van der Waals surface area (Å²) in [6, 6.07) is 16.5. The van der Waals surface area contributed by atoms with Crippen LogP contribution < -0.4 is 5.32 Å². The van der Waals surface area contributed by atoms with Gasteiger partial charge in [0.2, 0.25) is 0 Å². The first kappa shape index (κ1) is 18.3. The van der Waals surface area contributed by atoms with Crippen LogP contribution in [-0.4, -0.2) is 0 Å². The van der Waals surface area contributed by atoms with Gasteiger partial charge >= 0.3 is 0 Å². The Labute approximate surface area is 143 Å². The van der Waals surface area contributed by atoms with E-state index >= 15 is 0 Å². The lowest BCUT2D eigenvalue weighted by Gasteiger charge is -2.19. The molecule has 0 heterocycles. The number of benzene rings is 2. The van der Waals surface area contributed by atoms with Crippen molar-refractivity contribution in [1.29, 1.82) is 0 Å². The number of rotatable bonds is 6. The Morgan fingerprint density at radius 3 is 2.38 bits per heavy atom. The molecule has 1 nitrogen and oxygen atoms in total. The minimum Gasteiger partial charge on any atom is -0.306 e. The van der Waals surface area contributed by atoms with Crippen molar-refractivity contribution in [3.8, 4) is 0 Å². The van der Waals surface area contributed by atoms with Gasteiger partial charge in [0, 0.05) is 22.6 Å². The topological polar surface area (TPSA) is 12.0 Å². The third-order valence-electron chi connectivity index (χ3n) is 3.33. The Bertz CT molecular complexity index is 543. The van der Waals surface area contributed by atoms with Gasteiger partial charge in [0.1, 0.15) is 0 Å². The summed E-state index contributed by atoms with van der Waals surface area (Å²) in [5.74, 6) is 0. The Kier molecular flexibility index (Phi) is 8.13. The van der Waals surface area contributed by atoms with Gasteiger partial charge in [-0.1, -0.05) is 72.9 Å². The van der Waals surface area contributed by atoms with Gasteiger partial charge in [-0.25, -0.2) is 0 Å². The van der Waals surface area contributed by atoms with E-state index in [0.717, 1.165) is 24.9 Å². The molecule has 0 saturated carbocycles. The van der Waals surface area contributed by atoms with E-state index in [-0.39, 0.29) is 12.4 Å². The smallest absolute Gasteiger partial charge is 0.0465 e. The first-order chi connectivity index (χ1) is 9.70. The molecule has 0 aliphatic carbocycles. The van der Waals surface area contributed by atoms with Crippen molar-refractivity contribution in [2.45, 2.75) is 32.4 Å². The van der Waals surface area contributed by atoms with Crippen LogP contribution in [0.4, 0.5) is 0 Å². The van der Waals surface area contributed by atoms with E-state index < -0.39 is 0 Å². The average molecular weight is 345 g/mol. The van der Waals surface area contributed by atoms with Crippen LogP contribution in [0.5, 0.6) is 0 Å². The van der Waals surface area contributed by atoms with E-state index in [1.54, 1.807) is 6.07 Å². The molecule has 1 N–H and O–H groups in total. The molecule has 0 aliphatic rings. The summed E-state index contributed by atoms with van der Waals surface area (Å²) in [6.07, 6.45) is 2.25. The summed E-state index contributed by atoms with van der Waals surface area (Å²) >= 11 is 12.1. The Morgan fingerprint density at radius 1 is 1.05 bits per heavy atom. The fraction of sp³-hybridized carbons (Fsp3) is 0.294. The Morgan fingerprint density at radius 2 is 1.76 bits per heavy atom. The van der Waals surface area contributed by atoms with E-state index in [1.165, 1.54) is 5.56 Å². The minimum atomic E-state index is 0. The molecule has 1 atom stereocenters. The van der Waals surface area contributed by atoms with Crippen molar-refractivity contribution in [2.24, 2.45) is 0 Å². The van der Waals surface area contributed by atoms with E-state index in [1.807, 2.05) is 18.2 Å². The molecular weight excluding hydrogens is 325 g/mol. The zero-order valence-corrected chi connectivity index (χ0v) is 14.3. The van der Waals surface area contributed by atoms with Crippen LogP contribution in [-0.2, 0) is 6.54 Å². The summed E-state index contributed by atoms with van der Waals surface area (Å²) in [7, 11) is 0. The van der Waals surface area contributed by atoms with E-state index in [4.69, 9.17) is 23.2 Å². The standard InChI is InChI=1S/C17H19Cl2N.ClH/c1-2-6-17(13-7-4-3-5-8-13)20-12-14-9-10-15(18)11-16(14)19;/h3-5,7-11,17,20H,2,6,12H2,1H3;1H. The second kappa shape index (κ2) is 9.32. The molecule has 114 valence electrons. The zero-order valence-electron chi connectivity index (χ0n) is 12.0. The third-order valence-corrected chi connectivity index (χ3v) is 3.92. The molecule has 21 heavy (non-hydrogen) atoms. The average Bonchev–Trinajstić information content (AvgIpc) is 2.46. The van der Waals surface area contributed by atoms with E-state index in [9.17, 15) is 0 Å². The second-order valence-electron chi connectivity index (χ2n) is 4.87. The maximum atomic E-state index is 6.21. The van der Waals surface area contributed by atoms with Gasteiger partial charge in [0.25, 0.3) is 0 Å². The SMILES string of the molecule is CCCC(NCc1ccc(Cl)cc1Cl)c1ccccc1.Cl. The van der Waals surface area contributed by atoms with Crippen molar-refractivity contribution < 1.29 is 0 Å². The van der Waals surface area contributed by atoms with Gasteiger partial charge in [-0.05, 0) is 29.7 Å². The van der Waals surface area contributed by atoms with Crippen molar-refractivity contribution in [3.63, 3.8) is 0 Å². The second-order valence-corrected chi connectivity index (χ2v) is 5.71. The quantitative estimate of drug-likeness (QED) is 0.673. The summed E-state index contributed by atoms with van der Waals surface area (Å²) in [4.78, 5) is 0. The third kappa shape index (κ3) is 5.52. The van der Waals surface area contributed by atoms with Gasteiger partial charge < -0.3 is 5.32 Å². The molecule has 0 amide bonds. The van der Waals surface area contributed by atoms with Crippen LogP contribution in [0.15, 0.2) is 48.5 Å². The maximum absolute atomic E-state index is 6.21. The van der Waals surface area contributed by atoms with E-state index in [0.29, 0.717) is 16.1 Å².